The second-order valence-corrected chi connectivity index (χ2v) is 6.53. The second kappa shape index (κ2) is 7.76. The lowest BCUT2D eigenvalue weighted by Crippen LogP contribution is -2.02. The molecule has 0 nitrogen and oxygen atoms in total. The summed E-state index contributed by atoms with van der Waals surface area (Å²) in [6.45, 7) is 2.16. The van der Waals surface area contributed by atoms with Gasteiger partial charge in [-0.05, 0) is 42.7 Å². The fourth-order valence-corrected chi connectivity index (χ4v) is 3.78. The van der Waals surface area contributed by atoms with Crippen molar-refractivity contribution in [2.24, 2.45) is 0 Å². The van der Waals surface area contributed by atoms with E-state index in [1.807, 2.05) is 11.8 Å². The van der Waals surface area contributed by atoms with Gasteiger partial charge in [-0.25, -0.2) is 0 Å². The molecule has 2 heteroatoms. The highest BCUT2D eigenvalue weighted by atomic mass is 79.9. The number of aryl methyl sites for hydroxylation is 1. The van der Waals surface area contributed by atoms with Crippen LogP contribution in [-0.4, -0.2) is 11.1 Å². The van der Waals surface area contributed by atoms with Crippen molar-refractivity contribution in [2.45, 2.75) is 24.2 Å². The van der Waals surface area contributed by atoms with Gasteiger partial charge >= 0.3 is 0 Å². The molecule has 0 spiro atoms. The number of thioether (sulfide) groups is 1. The van der Waals surface area contributed by atoms with Crippen LogP contribution >= 0.6 is 27.7 Å². The number of benzene rings is 2. The van der Waals surface area contributed by atoms with Crippen molar-refractivity contribution < 1.29 is 0 Å². The van der Waals surface area contributed by atoms with Gasteiger partial charge in [0.15, 0.2) is 0 Å². The van der Waals surface area contributed by atoms with Gasteiger partial charge in [0.1, 0.15) is 0 Å². The summed E-state index contributed by atoms with van der Waals surface area (Å²) in [4.78, 5) is 1.36. The van der Waals surface area contributed by atoms with E-state index in [0.29, 0.717) is 5.92 Å². The molecule has 2 aromatic rings. The lowest BCUT2D eigenvalue weighted by atomic mass is 9.97. The molecule has 1 unspecified atom stereocenters. The molecule has 0 saturated carbocycles. The molecule has 2 rings (SSSR count). The first kappa shape index (κ1) is 14.7. The van der Waals surface area contributed by atoms with Gasteiger partial charge in [-0.2, -0.15) is 0 Å². The Balaban J connectivity index is 1.89. The third kappa shape index (κ3) is 4.70. The molecule has 0 aromatic heterocycles. The topological polar surface area (TPSA) is 0 Å². The quantitative estimate of drug-likeness (QED) is 0.485. The molecule has 0 aliphatic rings. The molecule has 0 aliphatic carbocycles. The third-order valence-corrected chi connectivity index (χ3v) is 5.00. The van der Waals surface area contributed by atoms with Crippen LogP contribution in [0.15, 0.2) is 59.5 Å². The lowest BCUT2D eigenvalue weighted by molar-refractivity contribution is 0.756. The highest BCUT2D eigenvalue weighted by molar-refractivity contribution is 9.09. The maximum atomic E-state index is 3.65. The summed E-state index contributed by atoms with van der Waals surface area (Å²) in [6, 6.07) is 19.5. The predicted molar refractivity (Wildman–Crippen MR) is 89.5 cm³/mol. The minimum absolute atomic E-state index is 0.608. The average Bonchev–Trinajstić information content (AvgIpc) is 2.45. The summed E-state index contributed by atoms with van der Waals surface area (Å²) in [5.74, 6) is 1.77. The molecular weight excluding hydrogens is 316 g/mol. The normalized spacial score (nSPS) is 12.3. The Morgan fingerprint density at radius 2 is 1.84 bits per heavy atom. The van der Waals surface area contributed by atoms with Crippen molar-refractivity contribution >= 4 is 27.7 Å². The van der Waals surface area contributed by atoms with Crippen LogP contribution in [0.1, 0.15) is 23.5 Å². The van der Waals surface area contributed by atoms with E-state index in [-0.39, 0.29) is 0 Å². The Morgan fingerprint density at radius 3 is 2.53 bits per heavy atom. The first-order valence-corrected chi connectivity index (χ1v) is 8.70. The second-order valence-electron chi connectivity index (χ2n) is 4.72. The van der Waals surface area contributed by atoms with E-state index in [2.05, 4.69) is 77.5 Å². The maximum absolute atomic E-state index is 3.65. The van der Waals surface area contributed by atoms with Gasteiger partial charge in [0.2, 0.25) is 0 Å². The number of hydrogen-bond donors (Lipinski definition) is 0. The van der Waals surface area contributed by atoms with E-state index in [0.717, 1.165) is 11.1 Å². The van der Waals surface area contributed by atoms with Crippen molar-refractivity contribution in [3.8, 4) is 0 Å². The van der Waals surface area contributed by atoms with E-state index in [4.69, 9.17) is 0 Å². The summed E-state index contributed by atoms with van der Waals surface area (Å²) < 4.78 is 0. The molecule has 0 bridgehead atoms. The van der Waals surface area contributed by atoms with Gasteiger partial charge in [0, 0.05) is 10.2 Å². The Kier molecular flexibility index (Phi) is 5.99. The highest BCUT2D eigenvalue weighted by Crippen LogP contribution is 2.27. The van der Waals surface area contributed by atoms with Crippen LogP contribution in [0.5, 0.6) is 0 Å². The Hall–Kier alpha value is -0.730. The SMILES string of the molecule is Cc1cccc(C(CBr)CCSc2ccccc2)c1. The van der Waals surface area contributed by atoms with Crippen molar-refractivity contribution in [3.05, 3.63) is 65.7 Å². The molecule has 0 radical (unpaired) electrons. The predicted octanol–water partition coefficient (Wildman–Crippen LogP) is 5.66. The van der Waals surface area contributed by atoms with Gasteiger partial charge in [-0.1, -0.05) is 64.0 Å². The minimum Gasteiger partial charge on any atom is -0.126 e. The molecule has 0 aliphatic heterocycles. The summed E-state index contributed by atoms with van der Waals surface area (Å²) in [7, 11) is 0. The number of hydrogen-bond acceptors (Lipinski definition) is 1. The zero-order valence-electron chi connectivity index (χ0n) is 11.2. The van der Waals surface area contributed by atoms with E-state index in [1.165, 1.54) is 22.4 Å². The van der Waals surface area contributed by atoms with Crippen LogP contribution in [0.3, 0.4) is 0 Å². The Labute approximate surface area is 128 Å². The molecule has 2 aromatic carbocycles. The van der Waals surface area contributed by atoms with Crippen LogP contribution in [-0.2, 0) is 0 Å². The number of rotatable bonds is 6. The minimum atomic E-state index is 0.608. The molecule has 19 heavy (non-hydrogen) atoms. The average molecular weight is 335 g/mol. The van der Waals surface area contributed by atoms with Gasteiger partial charge < -0.3 is 0 Å². The van der Waals surface area contributed by atoms with Gasteiger partial charge in [0.05, 0.1) is 0 Å². The summed E-state index contributed by atoms with van der Waals surface area (Å²) in [5.41, 5.74) is 2.80. The first-order chi connectivity index (χ1) is 9.29. The summed E-state index contributed by atoms with van der Waals surface area (Å²) in [6.07, 6.45) is 1.20. The lowest BCUT2D eigenvalue weighted by Gasteiger charge is -2.15. The van der Waals surface area contributed by atoms with Crippen LogP contribution < -0.4 is 0 Å². The van der Waals surface area contributed by atoms with E-state index in [9.17, 15) is 0 Å². The van der Waals surface area contributed by atoms with Crippen LogP contribution in [0.4, 0.5) is 0 Å². The molecule has 1 atom stereocenters. The maximum Gasteiger partial charge on any atom is 0.0100 e. The van der Waals surface area contributed by atoms with Crippen LogP contribution in [0.2, 0.25) is 0 Å². The van der Waals surface area contributed by atoms with Crippen molar-refractivity contribution in [2.75, 3.05) is 11.1 Å². The number of halogens is 1. The molecule has 100 valence electrons. The fraction of sp³-hybridized carbons (Fsp3) is 0.294. The smallest absolute Gasteiger partial charge is 0.0100 e. The molecule has 0 amide bonds. The largest absolute Gasteiger partial charge is 0.126 e. The molecule has 0 fully saturated rings. The Morgan fingerprint density at radius 1 is 1.05 bits per heavy atom. The fourth-order valence-electron chi connectivity index (χ4n) is 2.09. The van der Waals surface area contributed by atoms with E-state index in [1.54, 1.807) is 0 Å². The van der Waals surface area contributed by atoms with Gasteiger partial charge in [-0.3, -0.25) is 0 Å². The summed E-state index contributed by atoms with van der Waals surface area (Å²) >= 11 is 5.60. The molecular formula is C17H19BrS. The number of alkyl halides is 1. The molecule has 0 saturated heterocycles. The zero-order valence-corrected chi connectivity index (χ0v) is 13.6. The van der Waals surface area contributed by atoms with Gasteiger partial charge in [0.25, 0.3) is 0 Å². The standard InChI is InChI=1S/C17H19BrS/c1-14-6-5-7-15(12-14)16(13-18)10-11-19-17-8-3-2-4-9-17/h2-9,12,16H,10-11,13H2,1H3. The Bertz CT molecular complexity index is 496. The first-order valence-electron chi connectivity index (χ1n) is 6.60. The highest BCUT2D eigenvalue weighted by Gasteiger charge is 2.10. The monoisotopic (exact) mass is 334 g/mol. The van der Waals surface area contributed by atoms with Crippen LogP contribution in [0, 0.1) is 6.92 Å². The summed E-state index contributed by atoms with van der Waals surface area (Å²) in [5, 5.41) is 1.03. The third-order valence-electron chi connectivity index (χ3n) is 3.18. The van der Waals surface area contributed by atoms with Crippen LogP contribution in [0.25, 0.3) is 0 Å². The molecule has 0 N–H and O–H groups in total. The van der Waals surface area contributed by atoms with Crippen molar-refractivity contribution in [1.29, 1.82) is 0 Å². The van der Waals surface area contributed by atoms with E-state index < -0.39 is 0 Å². The van der Waals surface area contributed by atoms with Crippen molar-refractivity contribution in [3.63, 3.8) is 0 Å². The zero-order chi connectivity index (χ0) is 13.5. The van der Waals surface area contributed by atoms with Gasteiger partial charge in [-0.15, -0.1) is 11.8 Å². The van der Waals surface area contributed by atoms with E-state index >= 15 is 0 Å². The molecule has 0 heterocycles. The van der Waals surface area contributed by atoms with Crippen molar-refractivity contribution in [1.82, 2.24) is 0 Å².